The lowest BCUT2D eigenvalue weighted by molar-refractivity contribution is 0.628. The molecule has 0 amide bonds. The van der Waals surface area contributed by atoms with E-state index in [4.69, 9.17) is 5.84 Å². The van der Waals surface area contributed by atoms with Gasteiger partial charge in [0.2, 0.25) is 5.95 Å². The van der Waals surface area contributed by atoms with Crippen LogP contribution in [0.4, 0.5) is 21.8 Å². The van der Waals surface area contributed by atoms with E-state index in [-0.39, 0.29) is 5.82 Å². The van der Waals surface area contributed by atoms with E-state index in [0.717, 1.165) is 17.7 Å². The molecule has 5 nitrogen and oxygen atoms in total. The number of halogens is 1. The van der Waals surface area contributed by atoms with Crippen molar-refractivity contribution in [1.82, 2.24) is 9.97 Å². The Kier molecular flexibility index (Phi) is 3.91. The molecule has 0 bridgehead atoms. The minimum absolute atomic E-state index is 0.315. The van der Waals surface area contributed by atoms with Crippen LogP contribution in [0, 0.1) is 12.7 Å². The van der Waals surface area contributed by atoms with E-state index in [0.29, 0.717) is 17.5 Å². The van der Waals surface area contributed by atoms with Gasteiger partial charge < -0.3 is 10.7 Å². The van der Waals surface area contributed by atoms with E-state index in [1.807, 2.05) is 13.8 Å². The van der Waals surface area contributed by atoms with E-state index < -0.39 is 0 Å². The zero-order chi connectivity index (χ0) is 13.8. The van der Waals surface area contributed by atoms with Crippen molar-refractivity contribution in [2.75, 3.05) is 10.7 Å². The van der Waals surface area contributed by atoms with Gasteiger partial charge in [0, 0.05) is 11.3 Å². The summed E-state index contributed by atoms with van der Waals surface area (Å²) in [5.74, 6) is 6.07. The molecule has 0 aliphatic carbocycles. The summed E-state index contributed by atoms with van der Waals surface area (Å²) in [6.07, 6.45) is 0.765. The van der Waals surface area contributed by atoms with Crippen molar-refractivity contribution in [1.29, 1.82) is 0 Å². The minimum Gasteiger partial charge on any atom is -0.324 e. The van der Waals surface area contributed by atoms with Crippen molar-refractivity contribution in [2.45, 2.75) is 20.3 Å². The number of hydrogen-bond donors (Lipinski definition) is 3. The van der Waals surface area contributed by atoms with Crippen molar-refractivity contribution >= 4 is 17.5 Å². The molecule has 6 heteroatoms. The number of aryl methyl sites for hydroxylation is 1. The Balaban J connectivity index is 2.35. The first-order valence-electron chi connectivity index (χ1n) is 6.00. The lowest BCUT2D eigenvalue weighted by atomic mass is 10.2. The molecule has 0 spiro atoms. The van der Waals surface area contributed by atoms with Crippen LogP contribution in [-0.2, 0) is 6.42 Å². The highest BCUT2D eigenvalue weighted by Crippen LogP contribution is 2.20. The first-order valence-corrected chi connectivity index (χ1v) is 6.00. The van der Waals surface area contributed by atoms with Crippen LogP contribution >= 0.6 is 0 Å². The van der Waals surface area contributed by atoms with Crippen molar-refractivity contribution < 1.29 is 4.39 Å². The molecule has 0 saturated carbocycles. The molecule has 2 rings (SSSR count). The lowest BCUT2D eigenvalue weighted by Crippen LogP contribution is -2.13. The van der Waals surface area contributed by atoms with Gasteiger partial charge in [-0.25, -0.2) is 15.2 Å². The van der Waals surface area contributed by atoms with E-state index in [9.17, 15) is 4.39 Å². The first-order chi connectivity index (χ1) is 9.13. The molecule has 0 unspecified atom stereocenters. The molecule has 1 aromatic heterocycles. The Labute approximate surface area is 111 Å². The largest absolute Gasteiger partial charge is 0.324 e. The number of anilines is 3. The summed E-state index contributed by atoms with van der Waals surface area (Å²) < 4.78 is 13.1. The third kappa shape index (κ3) is 2.97. The number of nitrogens with two attached hydrogens (primary N) is 1. The van der Waals surface area contributed by atoms with Crippen molar-refractivity contribution in [3.63, 3.8) is 0 Å². The van der Waals surface area contributed by atoms with Gasteiger partial charge in [-0.05, 0) is 31.5 Å². The van der Waals surface area contributed by atoms with Crippen molar-refractivity contribution in [3.8, 4) is 0 Å². The van der Waals surface area contributed by atoms with Crippen LogP contribution in [0.2, 0.25) is 0 Å². The van der Waals surface area contributed by atoms with E-state index in [2.05, 4.69) is 20.7 Å². The highest BCUT2D eigenvalue weighted by atomic mass is 19.1. The summed E-state index contributed by atoms with van der Waals surface area (Å²) in [6, 6.07) is 6.12. The maximum absolute atomic E-state index is 13.1. The van der Waals surface area contributed by atoms with E-state index in [1.54, 1.807) is 12.1 Å². The fraction of sp³-hybridized carbons (Fsp3) is 0.231. The first kappa shape index (κ1) is 13.2. The fourth-order valence-corrected chi connectivity index (χ4v) is 1.80. The van der Waals surface area contributed by atoms with E-state index in [1.165, 1.54) is 12.1 Å². The number of aromatic nitrogens is 2. The normalized spacial score (nSPS) is 10.3. The number of nitrogens with zero attached hydrogens (tertiary/aromatic N) is 2. The van der Waals surface area contributed by atoms with Gasteiger partial charge in [-0.15, -0.1) is 0 Å². The Morgan fingerprint density at radius 1 is 1.32 bits per heavy atom. The Morgan fingerprint density at radius 3 is 2.74 bits per heavy atom. The van der Waals surface area contributed by atoms with Gasteiger partial charge in [0.15, 0.2) is 0 Å². The molecule has 0 fully saturated rings. The zero-order valence-corrected chi connectivity index (χ0v) is 10.9. The molecule has 0 radical (unpaired) electrons. The summed E-state index contributed by atoms with van der Waals surface area (Å²) in [7, 11) is 0. The monoisotopic (exact) mass is 261 g/mol. The van der Waals surface area contributed by atoms with Crippen LogP contribution in [0.3, 0.4) is 0 Å². The molecule has 0 aliphatic rings. The summed E-state index contributed by atoms with van der Waals surface area (Å²) in [4.78, 5) is 8.63. The molecule has 19 heavy (non-hydrogen) atoms. The van der Waals surface area contributed by atoms with Gasteiger partial charge >= 0.3 is 0 Å². The van der Waals surface area contributed by atoms with Crippen LogP contribution in [0.25, 0.3) is 0 Å². The zero-order valence-electron chi connectivity index (χ0n) is 10.9. The van der Waals surface area contributed by atoms with Crippen LogP contribution < -0.4 is 16.6 Å². The molecule has 100 valence electrons. The summed E-state index contributed by atoms with van der Waals surface area (Å²) in [5, 5.41) is 2.96. The second kappa shape index (κ2) is 5.62. The fourth-order valence-electron chi connectivity index (χ4n) is 1.80. The Bertz CT molecular complexity index is 560. The highest BCUT2D eigenvalue weighted by Gasteiger charge is 2.09. The topological polar surface area (TPSA) is 75.9 Å². The number of rotatable bonds is 4. The van der Waals surface area contributed by atoms with Crippen molar-refractivity contribution in [2.24, 2.45) is 5.84 Å². The molecule has 0 saturated heterocycles. The second-order valence-corrected chi connectivity index (χ2v) is 4.10. The molecule has 1 heterocycles. The molecule has 1 aromatic carbocycles. The quantitative estimate of drug-likeness (QED) is 0.582. The van der Waals surface area contributed by atoms with Gasteiger partial charge in [0.25, 0.3) is 0 Å². The molecular formula is C13H16FN5. The average Bonchev–Trinajstić information content (AvgIpc) is 2.40. The predicted octanol–water partition coefficient (Wildman–Crippen LogP) is 2.52. The van der Waals surface area contributed by atoms with Gasteiger partial charge in [-0.2, -0.15) is 4.98 Å². The summed E-state index contributed by atoms with van der Waals surface area (Å²) in [5.41, 5.74) is 4.94. The Hall–Kier alpha value is -2.21. The molecule has 4 N–H and O–H groups in total. The van der Waals surface area contributed by atoms with Crippen LogP contribution in [0.15, 0.2) is 24.3 Å². The van der Waals surface area contributed by atoms with Crippen LogP contribution in [-0.4, -0.2) is 9.97 Å². The molecule has 0 atom stereocenters. The third-order valence-electron chi connectivity index (χ3n) is 2.80. The minimum atomic E-state index is -0.315. The van der Waals surface area contributed by atoms with Gasteiger partial charge in [0.05, 0.1) is 5.69 Å². The number of nitrogen functional groups attached to an aromatic ring is 1. The molecule has 0 aliphatic heterocycles. The van der Waals surface area contributed by atoms with Gasteiger partial charge in [-0.1, -0.05) is 13.0 Å². The van der Waals surface area contributed by atoms with Crippen LogP contribution in [0.1, 0.15) is 18.2 Å². The average molecular weight is 261 g/mol. The van der Waals surface area contributed by atoms with Gasteiger partial charge in [-0.3, -0.25) is 0 Å². The standard InChI is InChI=1S/C13H16FN5/c1-3-11-8(2)12(19-15)18-13(17-11)16-10-6-4-5-9(14)7-10/h4-7H,3,15H2,1-2H3,(H2,16,17,18,19). The molecular weight excluding hydrogens is 245 g/mol. The maximum atomic E-state index is 13.1. The number of nitrogens with one attached hydrogen (secondary N) is 2. The van der Waals surface area contributed by atoms with Crippen molar-refractivity contribution in [3.05, 3.63) is 41.3 Å². The maximum Gasteiger partial charge on any atom is 0.229 e. The number of hydrogen-bond acceptors (Lipinski definition) is 5. The summed E-state index contributed by atoms with van der Waals surface area (Å²) in [6.45, 7) is 3.90. The molecule has 2 aromatic rings. The Morgan fingerprint density at radius 2 is 2.11 bits per heavy atom. The smallest absolute Gasteiger partial charge is 0.229 e. The SMILES string of the molecule is CCc1nc(Nc2cccc(F)c2)nc(NN)c1C. The number of hydrazine groups is 1. The lowest BCUT2D eigenvalue weighted by Gasteiger charge is -2.12. The number of benzene rings is 1. The predicted molar refractivity (Wildman–Crippen MR) is 73.6 cm³/mol. The van der Waals surface area contributed by atoms with Gasteiger partial charge in [0.1, 0.15) is 11.6 Å². The third-order valence-corrected chi connectivity index (χ3v) is 2.80. The van der Waals surface area contributed by atoms with Crippen LogP contribution in [0.5, 0.6) is 0 Å². The second-order valence-electron chi connectivity index (χ2n) is 4.10. The summed E-state index contributed by atoms with van der Waals surface area (Å²) >= 11 is 0. The highest BCUT2D eigenvalue weighted by molar-refractivity contribution is 5.57. The van der Waals surface area contributed by atoms with E-state index >= 15 is 0 Å².